The Morgan fingerprint density at radius 3 is 2.53 bits per heavy atom. The fourth-order valence-corrected chi connectivity index (χ4v) is 2.60. The van der Waals surface area contributed by atoms with Crippen LogP contribution >= 0.6 is 0 Å². The zero-order valence-electron chi connectivity index (χ0n) is 9.90. The molecule has 0 saturated heterocycles. The Bertz CT molecular complexity index is 558. The molecule has 1 unspecified atom stereocenters. The van der Waals surface area contributed by atoms with Gasteiger partial charge in [0.2, 0.25) is 10.0 Å². The van der Waals surface area contributed by atoms with E-state index in [1.807, 2.05) is 0 Å². The number of aliphatic hydroxyl groups excluding tert-OH is 1. The summed E-state index contributed by atoms with van der Waals surface area (Å²) in [4.78, 5) is -0.220. The topological polar surface area (TPSA) is 92.4 Å². The van der Waals surface area contributed by atoms with Crippen molar-refractivity contribution in [2.45, 2.75) is 24.1 Å². The number of sulfonamides is 1. The second-order valence-corrected chi connectivity index (χ2v) is 5.67. The Morgan fingerprint density at radius 2 is 2.00 bits per heavy atom. The van der Waals surface area contributed by atoms with Gasteiger partial charge in [-0.3, -0.25) is 0 Å². The molecule has 0 fully saturated rings. The summed E-state index contributed by atoms with van der Waals surface area (Å²) < 4.78 is 61.5. The molecule has 0 bridgehead atoms. The third-order valence-electron chi connectivity index (χ3n) is 2.35. The number of nitrogens with two attached hydrogens (primary N) is 1. The third-order valence-corrected chi connectivity index (χ3v) is 3.91. The highest BCUT2D eigenvalue weighted by molar-refractivity contribution is 7.89. The van der Waals surface area contributed by atoms with E-state index in [2.05, 4.69) is 0 Å². The summed E-state index contributed by atoms with van der Waals surface area (Å²) in [6.07, 6.45) is -7.64. The van der Waals surface area contributed by atoms with Crippen LogP contribution < -0.4 is 10.5 Å². The number of halogens is 3. The smallest absolute Gasteiger partial charge is 0.399 e. The average Bonchev–Trinajstić information content (AvgIpc) is 2.28. The summed E-state index contributed by atoms with van der Waals surface area (Å²) in [6.45, 7) is 0.328. The molecule has 9 heteroatoms. The second kappa shape index (κ2) is 5.35. The molecular formula is C10H13F3N2O3S. The van der Waals surface area contributed by atoms with E-state index < -0.39 is 28.8 Å². The van der Waals surface area contributed by atoms with Gasteiger partial charge in [-0.15, -0.1) is 0 Å². The molecule has 0 aliphatic heterocycles. The van der Waals surface area contributed by atoms with E-state index >= 15 is 0 Å². The summed E-state index contributed by atoms with van der Waals surface area (Å²) in [5.74, 6) is 0. The fourth-order valence-electron chi connectivity index (χ4n) is 1.29. The van der Waals surface area contributed by atoms with Crippen molar-refractivity contribution in [1.29, 1.82) is 0 Å². The number of aryl methyl sites for hydroxylation is 1. The van der Waals surface area contributed by atoms with Gasteiger partial charge in [0.05, 0.1) is 4.90 Å². The van der Waals surface area contributed by atoms with E-state index in [1.165, 1.54) is 19.1 Å². The third kappa shape index (κ3) is 4.08. The highest BCUT2D eigenvalue weighted by atomic mass is 32.2. The zero-order chi connectivity index (χ0) is 14.8. The quantitative estimate of drug-likeness (QED) is 0.716. The van der Waals surface area contributed by atoms with E-state index in [1.54, 1.807) is 4.72 Å². The Balaban J connectivity index is 2.91. The summed E-state index contributed by atoms with van der Waals surface area (Å²) in [5.41, 5.74) is 5.93. The lowest BCUT2D eigenvalue weighted by Crippen LogP contribution is -2.40. The van der Waals surface area contributed by atoms with Gasteiger partial charge in [0.25, 0.3) is 0 Å². The lowest BCUT2D eigenvalue weighted by molar-refractivity contribution is -0.200. The van der Waals surface area contributed by atoms with Gasteiger partial charge in [-0.25, -0.2) is 13.1 Å². The SMILES string of the molecule is Cc1ccc(N)cc1S(=O)(=O)NCC(O)C(F)(F)F. The first-order chi connectivity index (χ1) is 8.54. The zero-order valence-corrected chi connectivity index (χ0v) is 10.7. The van der Waals surface area contributed by atoms with Gasteiger partial charge in [-0.05, 0) is 24.6 Å². The monoisotopic (exact) mass is 298 g/mol. The molecule has 19 heavy (non-hydrogen) atoms. The fraction of sp³-hybridized carbons (Fsp3) is 0.400. The van der Waals surface area contributed by atoms with Gasteiger partial charge in [0, 0.05) is 12.2 Å². The van der Waals surface area contributed by atoms with Gasteiger partial charge in [0.15, 0.2) is 6.10 Å². The Labute approximate surface area is 108 Å². The van der Waals surface area contributed by atoms with Crippen molar-refractivity contribution in [2.24, 2.45) is 0 Å². The minimum Gasteiger partial charge on any atom is -0.399 e. The van der Waals surface area contributed by atoms with Crippen molar-refractivity contribution >= 4 is 15.7 Å². The molecule has 5 nitrogen and oxygen atoms in total. The van der Waals surface area contributed by atoms with Crippen molar-refractivity contribution in [2.75, 3.05) is 12.3 Å². The van der Waals surface area contributed by atoms with Crippen LogP contribution in [0.25, 0.3) is 0 Å². The first-order valence-corrected chi connectivity index (χ1v) is 6.63. The predicted molar refractivity (Wildman–Crippen MR) is 62.8 cm³/mol. The maximum Gasteiger partial charge on any atom is 0.415 e. The van der Waals surface area contributed by atoms with Crippen molar-refractivity contribution in [3.8, 4) is 0 Å². The van der Waals surface area contributed by atoms with Crippen LogP contribution in [0.1, 0.15) is 5.56 Å². The lowest BCUT2D eigenvalue weighted by atomic mass is 10.2. The number of hydrogen-bond donors (Lipinski definition) is 3. The molecule has 0 radical (unpaired) electrons. The van der Waals surface area contributed by atoms with Gasteiger partial charge < -0.3 is 10.8 Å². The van der Waals surface area contributed by atoms with E-state index in [-0.39, 0.29) is 10.6 Å². The number of rotatable bonds is 4. The number of hydrogen-bond acceptors (Lipinski definition) is 4. The normalized spacial score (nSPS) is 14.4. The molecule has 0 aliphatic carbocycles. The summed E-state index contributed by atoms with van der Waals surface area (Å²) >= 11 is 0. The summed E-state index contributed by atoms with van der Waals surface area (Å²) in [5, 5.41) is 8.74. The van der Waals surface area contributed by atoms with Crippen LogP contribution in [0.15, 0.2) is 23.1 Å². The Hall–Kier alpha value is -1.32. The molecule has 0 saturated carbocycles. The van der Waals surface area contributed by atoms with Crippen LogP contribution in [0.2, 0.25) is 0 Å². The molecular weight excluding hydrogens is 285 g/mol. The lowest BCUT2D eigenvalue weighted by Gasteiger charge is -2.16. The van der Waals surface area contributed by atoms with Crippen molar-refractivity contribution in [3.63, 3.8) is 0 Å². The van der Waals surface area contributed by atoms with Gasteiger partial charge in [0.1, 0.15) is 0 Å². The van der Waals surface area contributed by atoms with Crippen LogP contribution in [-0.4, -0.2) is 32.3 Å². The Kier molecular flexibility index (Phi) is 4.43. The first kappa shape index (κ1) is 15.7. The van der Waals surface area contributed by atoms with Crippen LogP contribution in [0.4, 0.5) is 18.9 Å². The van der Waals surface area contributed by atoms with E-state index in [0.717, 1.165) is 6.07 Å². The number of aliphatic hydroxyl groups is 1. The van der Waals surface area contributed by atoms with Crippen molar-refractivity contribution < 1.29 is 26.7 Å². The number of nitrogen functional groups attached to an aromatic ring is 1. The van der Waals surface area contributed by atoms with E-state index in [9.17, 15) is 21.6 Å². The highest BCUT2D eigenvalue weighted by Crippen LogP contribution is 2.21. The highest BCUT2D eigenvalue weighted by Gasteiger charge is 2.38. The first-order valence-electron chi connectivity index (χ1n) is 5.14. The van der Waals surface area contributed by atoms with Crippen molar-refractivity contribution in [1.82, 2.24) is 4.72 Å². The second-order valence-electron chi connectivity index (χ2n) is 3.93. The van der Waals surface area contributed by atoms with Gasteiger partial charge in [-0.2, -0.15) is 13.2 Å². The van der Waals surface area contributed by atoms with Crippen LogP contribution in [0.5, 0.6) is 0 Å². The summed E-state index contributed by atoms with van der Waals surface area (Å²) in [6, 6.07) is 4.04. The Morgan fingerprint density at radius 1 is 1.42 bits per heavy atom. The maximum atomic E-state index is 12.1. The minimum atomic E-state index is -4.88. The number of alkyl halides is 3. The maximum absolute atomic E-state index is 12.1. The van der Waals surface area contributed by atoms with Crippen LogP contribution in [0, 0.1) is 6.92 Å². The van der Waals surface area contributed by atoms with Gasteiger partial charge >= 0.3 is 6.18 Å². The molecule has 4 N–H and O–H groups in total. The molecule has 0 heterocycles. The largest absolute Gasteiger partial charge is 0.415 e. The predicted octanol–water partition coefficient (Wildman–Crippen LogP) is 0.779. The molecule has 1 aromatic rings. The molecule has 1 atom stereocenters. The number of anilines is 1. The standard InChI is InChI=1S/C10H13F3N2O3S/c1-6-2-3-7(14)4-8(6)19(17,18)15-5-9(16)10(11,12)13/h2-4,9,15-16H,5,14H2,1H3. The molecule has 1 rings (SSSR count). The average molecular weight is 298 g/mol. The van der Waals surface area contributed by atoms with Crippen molar-refractivity contribution in [3.05, 3.63) is 23.8 Å². The van der Waals surface area contributed by atoms with E-state index in [4.69, 9.17) is 10.8 Å². The van der Waals surface area contributed by atoms with Crippen LogP contribution in [0.3, 0.4) is 0 Å². The molecule has 0 amide bonds. The minimum absolute atomic E-state index is 0.169. The molecule has 1 aromatic carbocycles. The number of nitrogens with one attached hydrogen (secondary N) is 1. The summed E-state index contributed by atoms with van der Waals surface area (Å²) in [7, 11) is -4.16. The van der Waals surface area contributed by atoms with Crippen LogP contribution in [-0.2, 0) is 10.0 Å². The van der Waals surface area contributed by atoms with E-state index in [0.29, 0.717) is 5.56 Å². The molecule has 0 aliphatic rings. The van der Waals surface area contributed by atoms with Gasteiger partial charge in [-0.1, -0.05) is 6.07 Å². The molecule has 0 aromatic heterocycles. The molecule has 108 valence electrons. The number of benzene rings is 1. The molecule has 0 spiro atoms.